The van der Waals surface area contributed by atoms with E-state index >= 15 is 0 Å². The van der Waals surface area contributed by atoms with Crippen LogP contribution in [0, 0.1) is 11.8 Å². The Morgan fingerprint density at radius 3 is 1.28 bits per heavy atom. The molecule has 0 aliphatic rings. The molecule has 4 rings (SSSR count). The van der Waals surface area contributed by atoms with Crippen molar-refractivity contribution in [1.29, 1.82) is 0 Å². The number of rotatable bonds is 20. The summed E-state index contributed by atoms with van der Waals surface area (Å²) < 4.78 is 22.6. The molecule has 6 unspecified atom stereocenters. The van der Waals surface area contributed by atoms with Crippen LogP contribution in [0.5, 0.6) is 0 Å². The zero-order chi connectivity index (χ0) is 41.2. The van der Waals surface area contributed by atoms with Crippen LogP contribution in [-0.4, -0.2) is 70.8 Å². The first-order chi connectivity index (χ1) is 27.4. The quantitative estimate of drug-likeness (QED) is 0.0589. The van der Waals surface area contributed by atoms with E-state index in [0.29, 0.717) is 11.1 Å². The molecule has 0 aliphatic carbocycles. The Labute approximate surface area is 334 Å². The fraction of sp³-hybridized carbons (Fsp3) is 0.378. The van der Waals surface area contributed by atoms with Gasteiger partial charge in [0.25, 0.3) is 0 Å². The molecular weight excluding hydrogens is 728 g/mol. The maximum atomic E-state index is 13.8. The SMILES string of the molecule is CC(C)CC(NC(=O)OCc1ccccc1)C(=O)OC(Cc1ccccc1)C(O)C(O)C(Cc1ccccc1)OC(=O)C(NC(=O)OCc1ccccc1)C(C)C. The summed E-state index contributed by atoms with van der Waals surface area (Å²) >= 11 is 0. The van der Waals surface area contributed by atoms with Crippen LogP contribution in [0.2, 0.25) is 0 Å². The van der Waals surface area contributed by atoms with Gasteiger partial charge in [-0.3, -0.25) is 0 Å². The van der Waals surface area contributed by atoms with Crippen LogP contribution < -0.4 is 10.6 Å². The van der Waals surface area contributed by atoms with Crippen molar-refractivity contribution in [3.8, 4) is 0 Å². The maximum Gasteiger partial charge on any atom is 0.408 e. The molecule has 0 aliphatic heterocycles. The smallest absolute Gasteiger partial charge is 0.408 e. The van der Waals surface area contributed by atoms with Gasteiger partial charge >= 0.3 is 24.1 Å². The predicted molar refractivity (Wildman–Crippen MR) is 213 cm³/mol. The predicted octanol–water partition coefficient (Wildman–Crippen LogP) is 6.31. The van der Waals surface area contributed by atoms with Crippen molar-refractivity contribution in [2.75, 3.05) is 0 Å². The van der Waals surface area contributed by atoms with Crippen molar-refractivity contribution in [1.82, 2.24) is 10.6 Å². The van der Waals surface area contributed by atoms with E-state index in [0.717, 1.165) is 11.1 Å². The molecule has 2 amide bonds. The molecule has 304 valence electrons. The summed E-state index contributed by atoms with van der Waals surface area (Å²) in [4.78, 5) is 53.3. The second-order valence-corrected chi connectivity index (χ2v) is 14.6. The normalized spacial score (nSPS) is 14.3. The van der Waals surface area contributed by atoms with Gasteiger partial charge in [0.2, 0.25) is 0 Å². The average molecular weight is 783 g/mol. The largest absolute Gasteiger partial charge is 0.458 e. The minimum absolute atomic E-state index is 0.0127. The van der Waals surface area contributed by atoms with E-state index in [-0.39, 0.29) is 38.4 Å². The van der Waals surface area contributed by atoms with Crippen molar-refractivity contribution in [3.05, 3.63) is 144 Å². The molecule has 57 heavy (non-hydrogen) atoms. The third-order valence-electron chi connectivity index (χ3n) is 9.11. The Kier molecular flexibility index (Phi) is 17.6. The number of carbonyl (C=O) groups is 4. The molecule has 12 heteroatoms. The minimum Gasteiger partial charge on any atom is -0.458 e. The summed E-state index contributed by atoms with van der Waals surface area (Å²) in [6.07, 6.45) is -7.77. The molecule has 0 radical (unpaired) electrons. The van der Waals surface area contributed by atoms with Crippen LogP contribution in [0.25, 0.3) is 0 Å². The first kappa shape index (κ1) is 44.0. The second-order valence-electron chi connectivity index (χ2n) is 14.6. The molecule has 4 aromatic carbocycles. The number of aliphatic hydroxyl groups is 2. The molecule has 4 aromatic rings. The number of aliphatic hydroxyl groups excluding tert-OH is 2. The maximum absolute atomic E-state index is 13.8. The van der Waals surface area contributed by atoms with Crippen molar-refractivity contribution in [2.24, 2.45) is 11.8 Å². The van der Waals surface area contributed by atoms with Gasteiger partial charge in [0.1, 0.15) is 49.7 Å². The molecule has 0 saturated heterocycles. The Morgan fingerprint density at radius 2 is 0.895 bits per heavy atom. The molecule has 4 N–H and O–H groups in total. The summed E-state index contributed by atoms with van der Waals surface area (Å²) in [5, 5.41) is 28.9. The molecule has 6 atom stereocenters. The summed E-state index contributed by atoms with van der Waals surface area (Å²) in [6.45, 7) is 7.16. The van der Waals surface area contributed by atoms with Gasteiger partial charge in [-0.25, -0.2) is 19.2 Å². The van der Waals surface area contributed by atoms with E-state index < -0.39 is 66.5 Å². The summed E-state index contributed by atoms with van der Waals surface area (Å²) in [6, 6.07) is 33.7. The van der Waals surface area contributed by atoms with E-state index in [2.05, 4.69) is 10.6 Å². The Hall–Kier alpha value is -5.72. The van der Waals surface area contributed by atoms with Crippen molar-refractivity contribution >= 4 is 24.1 Å². The van der Waals surface area contributed by atoms with Crippen molar-refractivity contribution in [2.45, 2.75) is 96.7 Å². The van der Waals surface area contributed by atoms with Crippen LogP contribution in [0.4, 0.5) is 9.59 Å². The van der Waals surface area contributed by atoms with E-state index in [9.17, 15) is 29.4 Å². The number of amides is 2. The number of esters is 2. The van der Waals surface area contributed by atoms with Gasteiger partial charge in [-0.15, -0.1) is 0 Å². The monoisotopic (exact) mass is 782 g/mol. The molecule has 0 fully saturated rings. The van der Waals surface area contributed by atoms with E-state index in [1.54, 1.807) is 86.6 Å². The van der Waals surface area contributed by atoms with E-state index in [4.69, 9.17) is 18.9 Å². The summed E-state index contributed by atoms with van der Waals surface area (Å²) in [5.41, 5.74) is 2.90. The fourth-order valence-electron chi connectivity index (χ4n) is 6.03. The number of carbonyl (C=O) groups excluding carboxylic acids is 4. The lowest BCUT2D eigenvalue weighted by molar-refractivity contribution is -0.178. The Balaban J connectivity index is 1.54. The van der Waals surface area contributed by atoms with Gasteiger partial charge in [0.15, 0.2) is 0 Å². The van der Waals surface area contributed by atoms with Crippen molar-refractivity contribution in [3.63, 3.8) is 0 Å². The van der Waals surface area contributed by atoms with Crippen molar-refractivity contribution < 1.29 is 48.3 Å². The number of alkyl carbamates (subject to hydrolysis) is 2. The standard InChI is InChI=1S/C45H54N2O10/c1-30(2)25-36(46-44(52)54-28-34-21-13-7-14-22-34)42(50)56-37(26-32-17-9-5-10-18-32)40(48)41(49)38(27-33-19-11-6-12-20-33)57-43(51)39(31(3)4)47-45(53)55-29-35-23-15-8-16-24-35/h5-24,30-31,36-41,48-49H,25-29H2,1-4H3,(H,46,52)(H,47,53). The number of hydrogen-bond acceptors (Lipinski definition) is 10. The molecule has 0 aromatic heterocycles. The number of hydrogen-bond donors (Lipinski definition) is 4. The van der Waals surface area contributed by atoms with Gasteiger partial charge in [-0.1, -0.05) is 149 Å². The lowest BCUT2D eigenvalue weighted by Crippen LogP contribution is -2.53. The third kappa shape index (κ3) is 15.0. The molecule has 0 heterocycles. The molecular formula is C45H54N2O10. The average Bonchev–Trinajstić information content (AvgIpc) is 3.21. The molecule has 12 nitrogen and oxygen atoms in total. The van der Waals surface area contributed by atoms with Crippen LogP contribution in [0.1, 0.15) is 56.4 Å². The van der Waals surface area contributed by atoms with Gasteiger partial charge in [0.05, 0.1) is 0 Å². The number of ether oxygens (including phenoxy) is 4. The third-order valence-corrected chi connectivity index (χ3v) is 9.11. The van der Waals surface area contributed by atoms with Crippen LogP contribution in [-0.2, 0) is 54.6 Å². The summed E-state index contributed by atoms with van der Waals surface area (Å²) in [7, 11) is 0. The molecule has 0 bridgehead atoms. The van der Waals surface area contributed by atoms with Crippen LogP contribution in [0.3, 0.4) is 0 Å². The first-order valence-electron chi connectivity index (χ1n) is 19.2. The highest BCUT2D eigenvalue weighted by atomic mass is 16.6. The number of nitrogens with one attached hydrogen (secondary N) is 2. The van der Waals surface area contributed by atoms with Crippen LogP contribution >= 0.6 is 0 Å². The molecule has 0 spiro atoms. The lowest BCUT2D eigenvalue weighted by Gasteiger charge is -2.33. The van der Waals surface area contributed by atoms with Gasteiger partial charge < -0.3 is 39.8 Å². The van der Waals surface area contributed by atoms with Gasteiger partial charge in [-0.05, 0) is 40.5 Å². The van der Waals surface area contributed by atoms with Gasteiger partial charge in [-0.2, -0.15) is 0 Å². The number of benzene rings is 4. The zero-order valence-corrected chi connectivity index (χ0v) is 32.9. The highest BCUT2D eigenvalue weighted by molar-refractivity contribution is 5.82. The molecule has 0 saturated carbocycles. The Morgan fingerprint density at radius 1 is 0.526 bits per heavy atom. The fourth-order valence-corrected chi connectivity index (χ4v) is 6.03. The Bertz CT molecular complexity index is 1810. The first-order valence-corrected chi connectivity index (χ1v) is 19.2. The minimum atomic E-state index is -1.78. The van der Waals surface area contributed by atoms with Crippen LogP contribution in [0.15, 0.2) is 121 Å². The summed E-state index contributed by atoms with van der Waals surface area (Å²) in [5.74, 6) is -2.20. The highest BCUT2D eigenvalue weighted by Gasteiger charge is 2.40. The highest BCUT2D eigenvalue weighted by Crippen LogP contribution is 2.21. The van der Waals surface area contributed by atoms with E-state index in [1.807, 2.05) is 62.4 Å². The van der Waals surface area contributed by atoms with E-state index in [1.165, 1.54) is 0 Å². The lowest BCUT2D eigenvalue weighted by atomic mass is 9.93. The zero-order valence-electron chi connectivity index (χ0n) is 32.9. The second kappa shape index (κ2) is 22.7. The van der Waals surface area contributed by atoms with Gasteiger partial charge in [0, 0.05) is 12.8 Å². The topological polar surface area (TPSA) is 170 Å².